The van der Waals surface area contributed by atoms with Crippen LogP contribution in [0.25, 0.3) is 16.9 Å². The summed E-state index contributed by atoms with van der Waals surface area (Å²) in [6.45, 7) is 3.71. The first kappa shape index (κ1) is 22.8. The number of nitrogens with zero attached hydrogens (tertiary/aromatic N) is 6. The Labute approximate surface area is 198 Å². The molecule has 1 atom stereocenters. The average Bonchev–Trinajstić information content (AvgIpc) is 3.23. The van der Waals surface area contributed by atoms with Crippen molar-refractivity contribution in [3.8, 4) is 11.7 Å². The molecule has 1 amide bonds. The predicted octanol–water partition coefficient (Wildman–Crippen LogP) is 3.72. The number of halogens is 2. The molecule has 0 aliphatic carbocycles. The molecule has 170 valence electrons. The number of ether oxygens (including phenoxy) is 2. The number of nitrogens with one attached hydrogen (secondary N) is 1. The Hall–Kier alpha value is -3.34. The molecule has 4 aromatic rings. The van der Waals surface area contributed by atoms with Crippen molar-refractivity contribution in [1.82, 2.24) is 29.7 Å². The number of amides is 1. The van der Waals surface area contributed by atoms with Gasteiger partial charge in [0.15, 0.2) is 11.5 Å². The molecule has 4 heterocycles. The first-order valence-corrected chi connectivity index (χ1v) is 10.7. The molecule has 0 aliphatic heterocycles. The van der Waals surface area contributed by atoms with Crippen LogP contribution in [0.3, 0.4) is 0 Å². The highest BCUT2D eigenvalue weighted by atomic mass is 35.5. The first-order valence-electron chi connectivity index (χ1n) is 9.92. The molecule has 0 aromatic carbocycles. The summed E-state index contributed by atoms with van der Waals surface area (Å²) in [4.78, 5) is 29.8. The van der Waals surface area contributed by atoms with Crippen molar-refractivity contribution >= 4 is 46.0 Å². The van der Waals surface area contributed by atoms with Gasteiger partial charge >= 0.3 is 0 Å². The van der Waals surface area contributed by atoms with E-state index in [4.69, 9.17) is 32.7 Å². The van der Waals surface area contributed by atoms with Gasteiger partial charge in [-0.3, -0.25) is 4.79 Å². The van der Waals surface area contributed by atoms with Gasteiger partial charge in [0.1, 0.15) is 17.5 Å². The Bertz CT molecular complexity index is 1260. The Kier molecular flexibility index (Phi) is 6.97. The minimum Gasteiger partial charge on any atom is -0.461 e. The van der Waals surface area contributed by atoms with Gasteiger partial charge in [0, 0.05) is 12.4 Å². The van der Waals surface area contributed by atoms with Crippen LogP contribution in [0.4, 0.5) is 5.82 Å². The van der Waals surface area contributed by atoms with Crippen molar-refractivity contribution in [3.63, 3.8) is 0 Å². The van der Waals surface area contributed by atoms with Gasteiger partial charge in [0.05, 0.1) is 29.0 Å². The van der Waals surface area contributed by atoms with E-state index in [1.807, 2.05) is 13.8 Å². The molecule has 0 bridgehead atoms. The van der Waals surface area contributed by atoms with E-state index in [-0.39, 0.29) is 18.6 Å². The van der Waals surface area contributed by atoms with Gasteiger partial charge in [0.2, 0.25) is 12.0 Å². The molecule has 0 saturated carbocycles. The summed E-state index contributed by atoms with van der Waals surface area (Å²) >= 11 is 12.1. The second kappa shape index (κ2) is 10.1. The third kappa shape index (κ3) is 5.36. The lowest BCUT2D eigenvalue weighted by molar-refractivity contribution is -0.126. The molecule has 0 radical (unpaired) electrons. The summed E-state index contributed by atoms with van der Waals surface area (Å²) in [6.07, 6.45) is 4.73. The van der Waals surface area contributed by atoms with E-state index in [2.05, 4.69) is 30.4 Å². The van der Waals surface area contributed by atoms with Crippen molar-refractivity contribution in [2.24, 2.45) is 0 Å². The smallest absolute Gasteiger partial charge is 0.269 e. The second-order valence-electron chi connectivity index (χ2n) is 7.12. The monoisotopic (exact) mass is 487 g/mol. The maximum Gasteiger partial charge on any atom is 0.269 e. The standard InChI is InChI=1S/C21H19Cl2N7O3/c1-12(2)32-10-16(20(31)29-17-6-5-13(22)8-25-17)33-21-14-9-28-30(18(14)26-11-27-21)19-15(23)4-3-7-24-19/h3-9,11-12,16H,10H2,1-2H3,(H,25,29,31)/t16-/m0/s1. The fraction of sp³-hybridized carbons (Fsp3) is 0.238. The average molecular weight is 488 g/mol. The van der Waals surface area contributed by atoms with Gasteiger partial charge < -0.3 is 14.8 Å². The lowest BCUT2D eigenvalue weighted by Crippen LogP contribution is -2.38. The molecule has 4 rings (SSSR count). The number of hydrogen-bond acceptors (Lipinski definition) is 8. The minimum atomic E-state index is -1.02. The molecule has 12 heteroatoms. The molecule has 0 spiro atoms. The topological polar surface area (TPSA) is 117 Å². The van der Waals surface area contributed by atoms with E-state index in [9.17, 15) is 4.79 Å². The van der Waals surface area contributed by atoms with Crippen LogP contribution in [-0.2, 0) is 9.53 Å². The summed E-state index contributed by atoms with van der Waals surface area (Å²) in [5, 5.41) is 8.35. The first-order chi connectivity index (χ1) is 15.9. The van der Waals surface area contributed by atoms with Crippen LogP contribution in [0.15, 0.2) is 49.2 Å². The molecular formula is C21H19Cl2N7O3. The van der Waals surface area contributed by atoms with Gasteiger partial charge in [-0.25, -0.2) is 19.9 Å². The Morgan fingerprint density at radius 1 is 1.12 bits per heavy atom. The van der Waals surface area contributed by atoms with Gasteiger partial charge in [-0.15, -0.1) is 0 Å². The third-order valence-electron chi connectivity index (χ3n) is 4.37. The fourth-order valence-corrected chi connectivity index (χ4v) is 3.15. The Morgan fingerprint density at radius 3 is 2.70 bits per heavy atom. The number of aromatic nitrogens is 6. The maximum absolute atomic E-state index is 12.9. The van der Waals surface area contributed by atoms with Crippen molar-refractivity contribution < 1.29 is 14.3 Å². The number of rotatable bonds is 8. The minimum absolute atomic E-state index is 0.0111. The normalized spacial score (nSPS) is 12.2. The van der Waals surface area contributed by atoms with E-state index in [1.54, 1.807) is 30.5 Å². The highest BCUT2D eigenvalue weighted by molar-refractivity contribution is 6.32. The number of carbonyl (C=O) groups is 1. The molecule has 33 heavy (non-hydrogen) atoms. The highest BCUT2D eigenvalue weighted by Crippen LogP contribution is 2.26. The van der Waals surface area contributed by atoms with E-state index in [0.29, 0.717) is 32.7 Å². The van der Waals surface area contributed by atoms with Gasteiger partial charge in [-0.1, -0.05) is 23.2 Å². The fourth-order valence-electron chi connectivity index (χ4n) is 2.84. The quantitative estimate of drug-likeness (QED) is 0.399. The molecule has 4 aromatic heterocycles. The van der Waals surface area contributed by atoms with E-state index < -0.39 is 12.0 Å². The SMILES string of the molecule is CC(C)OC[C@H](Oc1ncnc2c1cnn2-c1ncccc1Cl)C(=O)Nc1ccc(Cl)cn1. The third-order valence-corrected chi connectivity index (χ3v) is 4.89. The largest absolute Gasteiger partial charge is 0.461 e. The number of hydrogen-bond donors (Lipinski definition) is 1. The lowest BCUT2D eigenvalue weighted by Gasteiger charge is -2.19. The van der Waals surface area contributed by atoms with Crippen LogP contribution in [-0.4, -0.2) is 54.4 Å². The Balaban J connectivity index is 1.62. The van der Waals surface area contributed by atoms with E-state index in [0.717, 1.165) is 0 Å². The summed E-state index contributed by atoms with van der Waals surface area (Å²) in [5.41, 5.74) is 0.420. The number of carbonyl (C=O) groups excluding carboxylic acids is 1. The van der Waals surface area contributed by atoms with Gasteiger partial charge in [-0.05, 0) is 38.1 Å². The summed E-state index contributed by atoms with van der Waals surface area (Å²) in [6, 6.07) is 6.62. The van der Waals surface area contributed by atoms with Crippen LogP contribution in [0.5, 0.6) is 5.88 Å². The van der Waals surface area contributed by atoms with Crippen molar-refractivity contribution in [3.05, 3.63) is 59.2 Å². The van der Waals surface area contributed by atoms with Crippen molar-refractivity contribution in [2.75, 3.05) is 11.9 Å². The van der Waals surface area contributed by atoms with Crippen LogP contribution in [0.1, 0.15) is 13.8 Å². The molecule has 0 saturated heterocycles. The zero-order chi connectivity index (χ0) is 23.4. The second-order valence-corrected chi connectivity index (χ2v) is 7.96. The molecule has 1 N–H and O–H groups in total. The number of fused-ring (bicyclic) bond motifs is 1. The molecule has 10 nitrogen and oxygen atoms in total. The zero-order valence-electron chi connectivity index (χ0n) is 17.6. The number of anilines is 1. The summed E-state index contributed by atoms with van der Waals surface area (Å²) in [5.74, 6) is 0.435. The summed E-state index contributed by atoms with van der Waals surface area (Å²) in [7, 11) is 0. The van der Waals surface area contributed by atoms with Crippen molar-refractivity contribution in [1.29, 1.82) is 0 Å². The predicted molar refractivity (Wildman–Crippen MR) is 123 cm³/mol. The van der Waals surface area contributed by atoms with Gasteiger partial charge in [-0.2, -0.15) is 9.78 Å². The molecular weight excluding hydrogens is 469 g/mol. The van der Waals surface area contributed by atoms with E-state index >= 15 is 0 Å². The Morgan fingerprint density at radius 2 is 1.97 bits per heavy atom. The van der Waals surface area contributed by atoms with Crippen LogP contribution in [0, 0.1) is 0 Å². The van der Waals surface area contributed by atoms with E-state index in [1.165, 1.54) is 23.4 Å². The molecule has 0 fully saturated rings. The van der Waals surface area contributed by atoms with Gasteiger partial charge in [0.25, 0.3) is 5.91 Å². The van der Waals surface area contributed by atoms with Crippen LogP contribution in [0.2, 0.25) is 10.0 Å². The lowest BCUT2D eigenvalue weighted by atomic mass is 10.3. The van der Waals surface area contributed by atoms with Crippen molar-refractivity contribution in [2.45, 2.75) is 26.1 Å². The molecule has 0 unspecified atom stereocenters. The van der Waals surface area contributed by atoms with Crippen LogP contribution < -0.4 is 10.1 Å². The summed E-state index contributed by atoms with van der Waals surface area (Å²) < 4.78 is 13.1. The number of pyridine rings is 2. The maximum atomic E-state index is 12.9. The highest BCUT2D eigenvalue weighted by Gasteiger charge is 2.25. The zero-order valence-corrected chi connectivity index (χ0v) is 19.2. The molecule has 0 aliphatic rings. The van der Waals surface area contributed by atoms with Crippen LogP contribution >= 0.6 is 23.2 Å².